The van der Waals surface area contributed by atoms with Crippen LogP contribution in [0.15, 0.2) is 12.2 Å². The molecule has 1 unspecified atom stereocenters. The average molecular weight is 311 g/mol. The smallest absolute Gasteiger partial charge is 0.0547 e. The highest BCUT2D eigenvalue weighted by Gasteiger charge is 2.00. The van der Waals surface area contributed by atoms with Crippen LogP contribution in [0.3, 0.4) is 0 Å². The molecule has 1 heteroatoms. The predicted octanol–water partition coefficient (Wildman–Crippen LogP) is 7.45. The van der Waals surface area contributed by atoms with Crippen LogP contribution in [0.2, 0.25) is 0 Å². The third-order valence-corrected chi connectivity index (χ3v) is 4.27. The standard InChI is InChI=1S/C21H42O/c1-4-6-8-9-10-11-12-13-14-15-16-17-18-19-21(3)22-20-7-5-2/h13-14,21H,4-12,15-20H2,1-3H3/b14-13-. The van der Waals surface area contributed by atoms with Crippen molar-refractivity contribution in [3.05, 3.63) is 12.2 Å². The molecule has 0 saturated heterocycles. The summed E-state index contributed by atoms with van der Waals surface area (Å²) in [5.74, 6) is 0. The van der Waals surface area contributed by atoms with Gasteiger partial charge in [0.25, 0.3) is 0 Å². The number of allylic oxidation sites excluding steroid dienone is 2. The highest BCUT2D eigenvalue weighted by Crippen LogP contribution is 2.10. The molecular weight excluding hydrogens is 268 g/mol. The van der Waals surface area contributed by atoms with Crippen molar-refractivity contribution in [2.24, 2.45) is 0 Å². The van der Waals surface area contributed by atoms with Crippen LogP contribution in [-0.4, -0.2) is 12.7 Å². The third-order valence-electron chi connectivity index (χ3n) is 4.27. The minimum absolute atomic E-state index is 0.454. The fourth-order valence-corrected chi connectivity index (χ4v) is 2.66. The summed E-state index contributed by atoms with van der Waals surface area (Å²) in [7, 11) is 0. The average Bonchev–Trinajstić information content (AvgIpc) is 2.52. The maximum absolute atomic E-state index is 5.78. The van der Waals surface area contributed by atoms with Crippen LogP contribution in [0.1, 0.15) is 111 Å². The van der Waals surface area contributed by atoms with Crippen LogP contribution in [0, 0.1) is 0 Å². The summed E-state index contributed by atoms with van der Waals surface area (Å²) in [5.41, 5.74) is 0. The molecule has 0 aromatic heterocycles. The van der Waals surface area contributed by atoms with E-state index in [1.165, 1.54) is 89.9 Å². The zero-order valence-corrected chi connectivity index (χ0v) is 15.7. The Labute approximate surface area is 140 Å². The summed E-state index contributed by atoms with van der Waals surface area (Å²) in [5, 5.41) is 0. The monoisotopic (exact) mass is 310 g/mol. The summed E-state index contributed by atoms with van der Waals surface area (Å²) >= 11 is 0. The normalized spacial score (nSPS) is 13.0. The van der Waals surface area contributed by atoms with Gasteiger partial charge in [-0.25, -0.2) is 0 Å². The Morgan fingerprint density at radius 1 is 0.682 bits per heavy atom. The first-order valence-electron chi connectivity index (χ1n) is 10.1. The van der Waals surface area contributed by atoms with Gasteiger partial charge in [0.15, 0.2) is 0 Å². The van der Waals surface area contributed by atoms with E-state index in [1.807, 2.05) is 0 Å². The first kappa shape index (κ1) is 21.7. The zero-order valence-electron chi connectivity index (χ0n) is 15.7. The van der Waals surface area contributed by atoms with Gasteiger partial charge >= 0.3 is 0 Å². The van der Waals surface area contributed by atoms with E-state index in [1.54, 1.807) is 0 Å². The Morgan fingerprint density at radius 3 is 1.86 bits per heavy atom. The molecule has 0 saturated carbocycles. The molecule has 0 heterocycles. The van der Waals surface area contributed by atoms with Gasteiger partial charge in [-0.3, -0.25) is 0 Å². The topological polar surface area (TPSA) is 9.23 Å². The Hall–Kier alpha value is -0.300. The Kier molecular flexibility index (Phi) is 18.5. The van der Waals surface area contributed by atoms with Crippen molar-refractivity contribution >= 4 is 0 Å². The molecule has 0 N–H and O–H groups in total. The quantitative estimate of drug-likeness (QED) is 0.200. The van der Waals surface area contributed by atoms with Crippen molar-refractivity contribution in [1.82, 2.24) is 0 Å². The van der Waals surface area contributed by atoms with Crippen molar-refractivity contribution in [2.45, 2.75) is 117 Å². The minimum Gasteiger partial charge on any atom is -0.379 e. The van der Waals surface area contributed by atoms with E-state index in [4.69, 9.17) is 4.74 Å². The lowest BCUT2D eigenvalue weighted by Crippen LogP contribution is -2.08. The van der Waals surface area contributed by atoms with Gasteiger partial charge in [0.1, 0.15) is 0 Å². The van der Waals surface area contributed by atoms with E-state index in [0.29, 0.717) is 6.10 Å². The summed E-state index contributed by atoms with van der Waals surface area (Å²) in [6, 6.07) is 0. The second-order valence-electron chi connectivity index (χ2n) is 6.70. The highest BCUT2D eigenvalue weighted by molar-refractivity contribution is 4.81. The highest BCUT2D eigenvalue weighted by atomic mass is 16.5. The molecule has 0 spiro atoms. The molecule has 1 atom stereocenters. The molecule has 0 amide bonds. The fraction of sp³-hybridized carbons (Fsp3) is 0.905. The van der Waals surface area contributed by atoms with Crippen molar-refractivity contribution in [2.75, 3.05) is 6.61 Å². The summed E-state index contributed by atoms with van der Waals surface area (Å²) in [6.07, 6.45) is 23.9. The number of hydrogen-bond donors (Lipinski definition) is 0. The SMILES string of the molecule is CCCCCCCC/C=C\CCCCCC(C)OCCCC. The van der Waals surface area contributed by atoms with E-state index in [9.17, 15) is 0 Å². The summed E-state index contributed by atoms with van der Waals surface area (Å²) in [4.78, 5) is 0. The van der Waals surface area contributed by atoms with Crippen LogP contribution < -0.4 is 0 Å². The van der Waals surface area contributed by atoms with Crippen molar-refractivity contribution in [3.63, 3.8) is 0 Å². The molecule has 0 bridgehead atoms. The van der Waals surface area contributed by atoms with Gasteiger partial charge < -0.3 is 4.74 Å². The molecule has 132 valence electrons. The summed E-state index contributed by atoms with van der Waals surface area (Å²) in [6.45, 7) is 7.66. The van der Waals surface area contributed by atoms with E-state index < -0.39 is 0 Å². The molecule has 0 aliphatic heterocycles. The zero-order chi connectivity index (χ0) is 16.3. The Bertz CT molecular complexity index is 222. The lowest BCUT2D eigenvalue weighted by atomic mass is 10.1. The van der Waals surface area contributed by atoms with Gasteiger partial charge in [0.2, 0.25) is 0 Å². The lowest BCUT2D eigenvalue weighted by Gasteiger charge is -2.12. The van der Waals surface area contributed by atoms with E-state index in [0.717, 1.165) is 6.61 Å². The van der Waals surface area contributed by atoms with Crippen molar-refractivity contribution in [3.8, 4) is 0 Å². The largest absolute Gasteiger partial charge is 0.379 e. The Morgan fingerprint density at radius 2 is 1.23 bits per heavy atom. The van der Waals surface area contributed by atoms with Crippen LogP contribution in [0.25, 0.3) is 0 Å². The molecule has 0 fully saturated rings. The first-order valence-corrected chi connectivity index (χ1v) is 10.1. The lowest BCUT2D eigenvalue weighted by molar-refractivity contribution is 0.0566. The molecule has 0 aliphatic rings. The van der Waals surface area contributed by atoms with E-state index in [2.05, 4.69) is 32.9 Å². The molecule has 0 aliphatic carbocycles. The van der Waals surface area contributed by atoms with Gasteiger partial charge in [-0.05, 0) is 45.4 Å². The van der Waals surface area contributed by atoms with Crippen LogP contribution in [0.5, 0.6) is 0 Å². The van der Waals surface area contributed by atoms with Gasteiger partial charge in [-0.15, -0.1) is 0 Å². The Balaban J connectivity index is 3.16. The number of unbranched alkanes of at least 4 members (excludes halogenated alkanes) is 10. The van der Waals surface area contributed by atoms with Gasteiger partial charge in [-0.1, -0.05) is 77.4 Å². The molecule has 1 nitrogen and oxygen atoms in total. The third kappa shape index (κ3) is 17.8. The molecule has 22 heavy (non-hydrogen) atoms. The molecule has 0 aromatic rings. The molecular formula is C21H42O. The number of ether oxygens (including phenoxy) is 1. The number of hydrogen-bond acceptors (Lipinski definition) is 1. The van der Waals surface area contributed by atoms with Crippen LogP contribution in [-0.2, 0) is 4.74 Å². The van der Waals surface area contributed by atoms with Gasteiger partial charge in [-0.2, -0.15) is 0 Å². The second kappa shape index (κ2) is 18.7. The van der Waals surface area contributed by atoms with Crippen LogP contribution in [0.4, 0.5) is 0 Å². The molecule has 0 rings (SSSR count). The maximum atomic E-state index is 5.78. The van der Waals surface area contributed by atoms with E-state index >= 15 is 0 Å². The van der Waals surface area contributed by atoms with Crippen LogP contribution >= 0.6 is 0 Å². The van der Waals surface area contributed by atoms with E-state index in [-0.39, 0.29) is 0 Å². The maximum Gasteiger partial charge on any atom is 0.0547 e. The molecule has 0 aromatic carbocycles. The predicted molar refractivity (Wildman–Crippen MR) is 101 cm³/mol. The minimum atomic E-state index is 0.454. The summed E-state index contributed by atoms with van der Waals surface area (Å²) < 4.78 is 5.78. The van der Waals surface area contributed by atoms with Gasteiger partial charge in [0.05, 0.1) is 6.10 Å². The van der Waals surface area contributed by atoms with Crippen molar-refractivity contribution in [1.29, 1.82) is 0 Å². The first-order chi connectivity index (χ1) is 10.8. The van der Waals surface area contributed by atoms with Crippen molar-refractivity contribution < 1.29 is 4.74 Å². The molecule has 0 radical (unpaired) electrons. The van der Waals surface area contributed by atoms with Gasteiger partial charge in [0, 0.05) is 6.61 Å². The number of rotatable bonds is 17. The fourth-order valence-electron chi connectivity index (χ4n) is 2.66. The second-order valence-corrected chi connectivity index (χ2v) is 6.70.